The van der Waals surface area contributed by atoms with Gasteiger partial charge in [0, 0.05) is 12.7 Å². The number of carbonyl (C=O) groups is 1. The molecule has 0 fully saturated rings. The predicted molar refractivity (Wildman–Crippen MR) is 86.6 cm³/mol. The Hall–Kier alpha value is -2.86. The summed E-state index contributed by atoms with van der Waals surface area (Å²) in [5.74, 6) is -1.27. The molecule has 0 atom stereocenters. The Morgan fingerprint density at radius 1 is 1.22 bits per heavy atom. The number of aromatic nitrogens is 1. The van der Waals surface area contributed by atoms with Gasteiger partial charge in [-0.3, -0.25) is 4.79 Å². The van der Waals surface area contributed by atoms with Gasteiger partial charge in [-0.2, -0.15) is 0 Å². The summed E-state index contributed by atoms with van der Waals surface area (Å²) in [4.78, 5) is 14.9. The number of nitrogens with one attached hydrogen (secondary N) is 1. The number of ether oxygens (including phenoxy) is 1. The lowest BCUT2D eigenvalue weighted by molar-refractivity contribution is -0.274. The van der Waals surface area contributed by atoms with Crippen LogP contribution >= 0.6 is 0 Å². The van der Waals surface area contributed by atoms with E-state index in [1.54, 1.807) is 0 Å². The molecule has 0 saturated heterocycles. The molecule has 0 bridgehead atoms. The van der Waals surface area contributed by atoms with Gasteiger partial charge in [-0.1, -0.05) is 0 Å². The first kappa shape index (κ1) is 20.5. The third-order valence-corrected chi connectivity index (χ3v) is 4.92. The summed E-state index contributed by atoms with van der Waals surface area (Å²) in [6, 6.07) is 4.60. The fourth-order valence-corrected chi connectivity index (χ4v) is 3.25. The molecule has 0 unspecified atom stereocenters. The highest BCUT2D eigenvalue weighted by atomic mass is 32.2. The first-order valence-corrected chi connectivity index (χ1v) is 8.78. The van der Waals surface area contributed by atoms with E-state index in [1.165, 1.54) is 0 Å². The number of nitrogens with two attached hydrogens (primary N) is 1. The summed E-state index contributed by atoms with van der Waals surface area (Å²) in [6.45, 7) is -0.335. The normalized spacial score (nSPS) is 11.9. The Morgan fingerprint density at radius 3 is 2.37 bits per heavy atom. The number of amides is 1. The maximum Gasteiger partial charge on any atom is 0.573 e. The smallest absolute Gasteiger partial charge is 0.406 e. The molecule has 0 saturated carbocycles. The number of aliphatic hydroxyl groups excluding tert-OH is 1. The number of nitrogen functional groups attached to an aromatic ring is 1. The lowest BCUT2D eigenvalue weighted by Gasteiger charge is -2.11. The number of pyridine rings is 1. The molecule has 0 radical (unpaired) electrons. The van der Waals surface area contributed by atoms with Gasteiger partial charge in [0.05, 0.1) is 22.1 Å². The van der Waals surface area contributed by atoms with E-state index in [0.717, 1.165) is 36.5 Å². The van der Waals surface area contributed by atoms with E-state index in [4.69, 9.17) is 10.8 Å². The lowest BCUT2D eigenvalue weighted by atomic mass is 10.3. The highest BCUT2D eigenvalue weighted by molar-refractivity contribution is 7.91. The van der Waals surface area contributed by atoms with Crippen molar-refractivity contribution >= 4 is 21.4 Å². The molecule has 0 aliphatic rings. The molecule has 146 valence electrons. The topological polar surface area (TPSA) is 132 Å². The van der Waals surface area contributed by atoms with Gasteiger partial charge in [-0.25, -0.2) is 13.4 Å². The van der Waals surface area contributed by atoms with Crippen molar-refractivity contribution in [3.8, 4) is 5.75 Å². The highest BCUT2D eigenvalue weighted by Crippen LogP contribution is 2.27. The van der Waals surface area contributed by atoms with E-state index in [0.29, 0.717) is 0 Å². The van der Waals surface area contributed by atoms with E-state index in [2.05, 4.69) is 15.0 Å². The molecular formula is C15H14F3N3O5S. The van der Waals surface area contributed by atoms with Crippen molar-refractivity contribution in [1.82, 2.24) is 10.3 Å². The zero-order valence-electron chi connectivity index (χ0n) is 13.5. The van der Waals surface area contributed by atoms with E-state index < -0.39 is 27.9 Å². The third-order valence-electron chi connectivity index (χ3n) is 3.18. The number of nitrogens with zero attached hydrogens (tertiary/aromatic N) is 1. The quantitative estimate of drug-likeness (QED) is 0.656. The number of aliphatic hydroxyl groups is 1. The van der Waals surface area contributed by atoms with Crippen molar-refractivity contribution in [2.24, 2.45) is 0 Å². The number of hydrogen-bond acceptors (Lipinski definition) is 7. The number of rotatable bonds is 6. The second-order valence-corrected chi connectivity index (χ2v) is 7.06. The van der Waals surface area contributed by atoms with Crippen LogP contribution in [0.15, 0.2) is 46.3 Å². The minimum Gasteiger partial charge on any atom is -0.406 e. The van der Waals surface area contributed by atoms with Gasteiger partial charge in [0.2, 0.25) is 9.84 Å². The van der Waals surface area contributed by atoms with Crippen molar-refractivity contribution in [2.45, 2.75) is 16.2 Å². The Morgan fingerprint density at radius 2 is 1.85 bits per heavy atom. The van der Waals surface area contributed by atoms with Crippen molar-refractivity contribution < 1.29 is 36.2 Å². The Labute approximate surface area is 151 Å². The molecule has 12 heteroatoms. The second kappa shape index (κ2) is 7.80. The molecule has 2 aromatic rings. The molecule has 0 spiro atoms. The van der Waals surface area contributed by atoms with Crippen LogP contribution in [0.25, 0.3) is 0 Å². The van der Waals surface area contributed by atoms with Crippen LogP contribution in [0.3, 0.4) is 0 Å². The van der Waals surface area contributed by atoms with Crippen molar-refractivity contribution in [3.05, 3.63) is 42.2 Å². The third kappa shape index (κ3) is 5.08. The SMILES string of the molecule is Nc1cc(S(=O)(=O)c2ccc(OC(F)(F)F)cc2)cnc1C(=O)NCCO. The van der Waals surface area contributed by atoms with E-state index in [-0.39, 0.29) is 34.3 Å². The molecule has 1 heterocycles. The fourth-order valence-electron chi connectivity index (χ4n) is 2.01. The van der Waals surface area contributed by atoms with Crippen LogP contribution in [0.2, 0.25) is 0 Å². The van der Waals surface area contributed by atoms with Crippen LogP contribution in [0.5, 0.6) is 5.75 Å². The zero-order chi connectivity index (χ0) is 20.2. The number of halogens is 3. The minimum absolute atomic E-state index is 0.0354. The Bertz CT molecular complexity index is 931. The molecule has 8 nitrogen and oxygen atoms in total. The lowest BCUT2D eigenvalue weighted by Crippen LogP contribution is -2.28. The highest BCUT2D eigenvalue weighted by Gasteiger charge is 2.31. The second-order valence-electron chi connectivity index (χ2n) is 5.11. The summed E-state index contributed by atoms with van der Waals surface area (Å²) >= 11 is 0. The van der Waals surface area contributed by atoms with Crippen LogP contribution in [0, 0.1) is 0 Å². The molecule has 0 aliphatic heterocycles. The fraction of sp³-hybridized carbons (Fsp3) is 0.200. The van der Waals surface area contributed by atoms with Gasteiger partial charge in [0.1, 0.15) is 5.75 Å². The molecule has 27 heavy (non-hydrogen) atoms. The predicted octanol–water partition coefficient (Wildman–Crippen LogP) is 1.12. The number of anilines is 1. The van der Waals surface area contributed by atoms with Gasteiger partial charge >= 0.3 is 6.36 Å². The van der Waals surface area contributed by atoms with Crippen molar-refractivity contribution in [2.75, 3.05) is 18.9 Å². The van der Waals surface area contributed by atoms with Gasteiger partial charge < -0.3 is 20.9 Å². The van der Waals surface area contributed by atoms with Gasteiger partial charge in [0.15, 0.2) is 5.69 Å². The van der Waals surface area contributed by atoms with Gasteiger partial charge in [-0.05, 0) is 30.3 Å². The van der Waals surface area contributed by atoms with Crippen LogP contribution in [0.4, 0.5) is 18.9 Å². The monoisotopic (exact) mass is 405 g/mol. The number of hydrogen-bond donors (Lipinski definition) is 3. The van der Waals surface area contributed by atoms with E-state index >= 15 is 0 Å². The number of benzene rings is 1. The molecule has 1 aromatic heterocycles. The van der Waals surface area contributed by atoms with Crippen LogP contribution in [0.1, 0.15) is 10.5 Å². The molecule has 1 aromatic carbocycles. The summed E-state index contributed by atoms with van der Waals surface area (Å²) < 4.78 is 65.2. The average molecular weight is 405 g/mol. The van der Waals surface area contributed by atoms with E-state index in [1.807, 2.05) is 0 Å². The zero-order valence-corrected chi connectivity index (χ0v) is 14.3. The number of alkyl halides is 3. The Kier molecular flexibility index (Phi) is 5.91. The summed E-state index contributed by atoms with van der Waals surface area (Å²) in [5, 5.41) is 11.0. The number of sulfone groups is 1. The molecular weight excluding hydrogens is 391 g/mol. The molecule has 0 aliphatic carbocycles. The van der Waals surface area contributed by atoms with Crippen molar-refractivity contribution in [1.29, 1.82) is 0 Å². The van der Waals surface area contributed by atoms with Gasteiger partial charge in [0.25, 0.3) is 5.91 Å². The van der Waals surface area contributed by atoms with Gasteiger partial charge in [-0.15, -0.1) is 13.2 Å². The summed E-state index contributed by atoms with van der Waals surface area (Å²) in [7, 11) is -4.13. The summed E-state index contributed by atoms with van der Waals surface area (Å²) in [5.41, 5.74) is 5.22. The summed E-state index contributed by atoms with van der Waals surface area (Å²) in [6.07, 6.45) is -4.00. The Balaban J connectivity index is 2.28. The molecule has 1 amide bonds. The number of carbonyl (C=O) groups excluding carboxylic acids is 1. The standard InChI is InChI=1S/C15H14F3N3O5S/c16-15(17,18)26-9-1-3-10(4-2-9)27(24,25)11-7-12(19)13(21-8-11)14(23)20-5-6-22/h1-4,7-8,22H,5-6,19H2,(H,20,23). The van der Waals surface area contributed by atoms with Crippen LogP contribution in [-0.4, -0.2) is 43.9 Å². The first-order chi connectivity index (χ1) is 12.5. The average Bonchev–Trinajstić information content (AvgIpc) is 2.58. The molecule has 4 N–H and O–H groups in total. The van der Waals surface area contributed by atoms with Crippen LogP contribution < -0.4 is 15.8 Å². The van der Waals surface area contributed by atoms with Crippen molar-refractivity contribution in [3.63, 3.8) is 0 Å². The maximum atomic E-state index is 12.5. The largest absolute Gasteiger partial charge is 0.573 e. The molecule has 2 rings (SSSR count). The minimum atomic E-state index is -4.90. The first-order valence-electron chi connectivity index (χ1n) is 7.30. The maximum absolute atomic E-state index is 12.5. The van der Waals surface area contributed by atoms with Crippen LogP contribution in [-0.2, 0) is 9.84 Å². The van der Waals surface area contributed by atoms with E-state index in [9.17, 15) is 26.4 Å².